The Balaban J connectivity index is 1.99. The molecule has 0 aliphatic rings. The van der Waals surface area contributed by atoms with Crippen molar-refractivity contribution in [3.63, 3.8) is 0 Å². The van der Waals surface area contributed by atoms with Gasteiger partial charge in [0, 0.05) is 5.69 Å². The molecule has 1 heterocycles. The number of urea groups is 1. The number of aryl methyl sites for hydroxylation is 1. The number of aromatic carboxylic acids is 1. The molecule has 0 saturated carbocycles. The molecule has 0 atom stereocenters. The molecule has 0 unspecified atom stereocenters. The van der Waals surface area contributed by atoms with E-state index in [9.17, 15) is 9.59 Å². The summed E-state index contributed by atoms with van der Waals surface area (Å²) in [5.74, 6) is -0.270. The first-order valence-electron chi connectivity index (χ1n) is 6.14. The zero-order valence-corrected chi connectivity index (χ0v) is 11.5. The van der Waals surface area contributed by atoms with Gasteiger partial charge in [-0.05, 0) is 31.5 Å². The molecule has 1 aromatic carbocycles. The average Bonchev–Trinajstić information content (AvgIpc) is 2.84. The number of nitrogens with zero attached hydrogens (tertiary/aromatic N) is 2. The van der Waals surface area contributed by atoms with E-state index in [2.05, 4.69) is 20.8 Å². The van der Waals surface area contributed by atoms with Crippen molar-refractivity contribution >= 4 is 17.7 Å². The van der Waals surface area contributed by atoms with Gasteiger partial charge in [-0.15, -0.1) is 0 Å². The predicted molar refractivity (Wildman–Crippen MR) is 73.0 cm³/mol. The maximum absolute atomic E-state index is 11.8. The van der Waals surface area contributed by atoms with Crippen LogP contribution in [0.5, 0.6) is 0 Å². The van der Waals surface area contributed by atoms with Crippen LogP contribution >= 0.6 is 0 Å². The standard InChI is InChI=1S/C13H14N4O4/c1-7-9(12(18)19)4-3-5-10(7)16-13(20)14-6-11-15-8(2)17-21-11/h3-5H,6H2,1-2H3,(H,18,19)(H2,14,16,20). The van der Waals surface area contributed by atoms with Crippen LogP contribution in [0.25, 0.3) is 0 Å². The van der Waals surface area contributed by atoms with Crippen LogP contribution in [0.1, 0.15) is 27.6 Å². The molecule has 0 aliphatic carbocycles. The topological polar surface area (TPSA) is 117 Å². The summed E-state index contributed by atoms with van der Waals surface area (Å²) in [4.78, 5) is 26.7. The van der Waals surface area contributed by atoms with Gasteiger partial charge in [-0.2, -0.15) is 4.98 Å². The first-order valence-corrected chi connectivity index (χ1v) is 6.14. The predicted octanol–water partition coefficient (Wildman–Crippen LogP) is 1.71. The van der Waals surface area contributed by atoms with E-state index < -0.39 is 12.0 Å². The zero-order chi connectivity index (χ0) is 15.4. The van der Waals surface area contributed by atoms with E-state index in [0.29, 0.717) is 23.0 Å². The summed E-state index contributed by atoms with van der Waals surface area (Å²) < 4.78 is 4.86. The summed E-state index contributed by atoms with van der Waals surface area (Å²) in [5, 5.41) is 17.7. The number of amides is 2. The minimum atomic E-state index is -1.04. The smallest absolute Gasteiger partial charge is 0.336 e. The minimum Gasteiger partial charge on any atom is -0.478 e. The largest absolute Gasteiger partial charge is 0.478 e. The molecule has 0 bridgehead atoms. The monoisotopic (exact) mass is 290 g/mol. The number of carboxylic acids is 1. The zero-order valence-electron chi connectivity index (χ0n) is 11.5. The van der Waals surface area contributed by atoms with Crippen molar-refractivity contribution in [1.82, 2.24) is 15.5 Å². The second-order valence-electron chi connectivity index (χ2n) is 4.33. The van der Waals surface area contributed by atoms with Gasteiger partial charge in [0.05, 0.1) is 12.1 Å². The van der Waals surface area contributed by atoms with Gasteiger partial charge in [0.2, 0.25) is 5.89 Å². The fourth-order valence-corrected chi connectivity index (χ4v) is 1.74. The van der Waals surface area contributed by atoms with E-state index in [1.807, 2.05) is 0 Å². The van der Waals surface area contributed by atoms with E-state index in [1.54, 1.807) is 26.0 Å². The number of nitrogens with one attached hydrogen (secondary N) is 2. The van der Waals surface area contributed by atoms with Gasteiger partial charge in [0.1, 0.15) is 0 Å². The molecule has 0 fully saturated rings. The molecule has 3 N–H and O–H groups in total. The number of rotatable bonds is 4. The highest BCUT2D eigenvalue weighted by molar-refractivity contribution is 5.95. The molecule has 2 amide bonds. The van der Waals surface area contributed by atoms with E-state index in [-0.39, 0.29) is 12.1 Å². The molecular weight excluding hydrogens is 276 g/mol. The van der Waals surface area contributed by atoms with Crippen molar-refractivity contribution in [3.8, 4) is 0 Å². The summed E-state index contributed by atoms with van der Waals surface area (Å²) in [5.41, 5.74) is 1.04. The Bertz CT molecular complexity index is 681. The average molecular weight is 290 g/mol. The van der Waals surface area contributed by atoms with Crippen molar-refractivity contribution in [2.24, 2.45) is 0 Å². The van der Waals surface area contributed by atoms with Gasteiger partial charge in [-0.3, -0.25) is 0 Å². The van der Waals surface area contributed by atoms with Gasteiger partial charge < -0.3 is 20.3 Å². The summed E-state index contributed by atoms with van der Waals surface area (Å²) in [6.07, 6.45) is 0. The number of aromatic nitrogens is 2. The normalized spacial score (nSPS) is 10.2. The van der Waals surface area contributed by atoms with E-state index >= 15 is 0 Å². The van der Waals surface area contributed by atoms with Gasteiger partial charge in [0.15, 0.2) is 5.82 Å². The lowest BCUT2D eigenvalue weighted by molar-refractivity contribution is 0.0696. The van der Waals surface area contributed by atoms with Gasteiger partial charge >= 0.3 is 12.0 Å². The van der Waals surface area contributed by atoms with Crippen LogP contribution < -0.4 is 10.6 Å². The molecule has 2 aromatic rings. The lowest BCUT2D eigenvalue weighted by Gasteiger charge is -2.10. The molecule has 110 valence electrons. The molecule has 2 rings (SSSR count). The van der Waals surface area contributed by atoms with Gasteiger partial charge in [0.25, 0.3) is 0 Å². The number of carboxylic acid groups (broad SMARTS) is 1. The van der Waals surface area contributed by atoms with Gasteiger partial charge in [-0.1, -0.05) is 11.2 Å². The number of hydrogen-bond donors (Lipinski definition) is 3. The summed E-state index contributed by atoms with van der Waals surface area (Å²) in [6, 6.07) is 4.17. The minimum absolute atomic E-state index is 0.0876. The highest BCUT2D eigenvalue weighted by atomic mass is 16.5. The molecule has 21 heavy (non-hydrogen) atoms. The quantitative estimate of drug-likeness (QED) is 0.789. The van der Waals surface area contributed by atoms with Crippen LogP contribution in [0, 0.1) is 13.8 Å². The van der Waals surface area contributed by atoms with E-state index in [4.69, 9.17) is 9.63 Å². The van der Waals surface area contributed by atoms with Crippen LogP contribution in [0.4, 0.5) is 10.5 Å². The Hall–Kier alpha value is -2.90. The van der Waals surface area contributed by atoms with Gasteiger partial charge in [-0.25, -0.2) is 9.59 Å². The first kappa shape index (κ1) is 14.5. The van der Waals surface area contributed by atoms with Crippen LogP contribution in [0.3, 0.4) is 0 Å². The molecule has 1 aromatic heterocycles. The number of carbonyl (C=O) groups excluding carboxylic acids is 1. The van der Waals surface area contributed by atoms with Crippen molar-refractivity contribution in [2.75, 3.05) is 5.32 Å². The Labute approximate surface area is 120 Å². The SMILES string of the molecule is Cc1noc(CNC(=O)Nc2cccc(C(=O)O)c2C)n1. The third-order valence-corrected chi connectivity index (χ3v) is 2.78. The first-order chi connectivity index (χ1) is 9.97. The third-order valence-electron chi connectivity index (χ3n) is 2.78. The van der Waals surface area contributed by atoms with Crippen molar-refractivity contribution in [3.05, 3.63) is 41.0 Å². The van der Waals surface area contributed by atoms with E-state index in [0.717, 1.165) is 0 Å². The molecule has 0 radical (unpaired) electrons. The summed E-state index contributed by atoms with van der Waals surface area (Å²) in [7, 11) is 0. The highest BCUT2D eigenvalue weighted by Crippen LogP contribution is 2.18. The summed E-state index contributed by atoms with van der Waals surface area (Å²) in [6.45, 7) is 3.39. The molecule has 8 heteroatoms. The van der Waals surface area contributed by atoms with Crippen molar-refractivity contribution < 1.29 is 19.2 Å². The second-order valence-corrected chi connectivity index (χ2v) is 4.33. The Morgan fingerprint density at radius 1 is 1.33 bits per heavy atom. The molecule has 0 spiro atoms. The Morgan fingerprint density at radius 3 is 2.71 bits per heavy atom. The molecule has 0 saturated heterocycles. The fraction of sp³-hybridized carbons (Fsp3) is 0.231. The molecule has 0 aliphatic heterocycles. The highest BCUT2D eigenvalue weighted by Gasteiger charge is 2.12. The lowest BCUT2D eigenvalue weighted by Crippen LogP contribution is -2.28. The van der Waals surface area contributed by atoms with Crippen molar-refractivity contribution in [1.29, 1.82) is 0 Å². The number of benzene rings is 1. The third kappa shape index (κ3) is 3.56. The van der Waals surface area contributed by atoms with Crippen LogP contribution in [0.2, 0.25) is 0 Å². The van der Waals surface area contributed by atoms with Crippen LogP contribution in [0.15, 0.2) is 22.7 Å². The van der Waals surface area contributed by atoms with Crippen LogP contribution in [-0.4, -0.2) is 27.2 Å². The number of carbonyl (C=O) groups is 2. The Kier molecular flexibility index (Phi) is 4.17. The van der Waals surface area contributed by atoms with Crippen LogP contribution in [-0.2, 0) is 6.54 Å². The lowest BCUT2D eigenvalue weighted by atomic mass is 10.1. The maximum atomic E-state index is 11.8. The maximum Gasteiger partial charge on any atom is 0.336 e. The number of hydrogen-bond acceptors (Lipinski definition) is 5. The van der Waals surface area contributed by atoms with E-state index in [1.165, 1.54) is 6.07 Å². The Morgan fingerprint density at radius 2 is 2.10 bits per heavy atom. The summed E-state index contributed by atoms with van der Waals surface area (Å²) >= 11 is 0. The number of anilines is 1. The molecular formula is C13H14N4O4. The fourth-order valence-electron chi connectivity index (χ4n) is 1.74. The second kappa shape index (κ2) is 6.04. The van der Waals surface area contributed by atoms with Crippen molar-refractivity contribution in [2.45, 2.75) is 20.4 Å². The molecule has 8 nitrogen and oxygen atoms in total.